The molecule has 0 bridgehead atoms. The normalized spacial score (nSPS) is 19.2. The van der Waals surface area contributed by atoms with Crippen LogP contribution in [0.3, 0.4) is 0 Å². The summed E-state index contributed by atoms with van der Waals surface area (Å²) in [6.45, 7) is 6.65. The zero-order valence-electron chi connectivity index (χ0n) is 23.8. The lowest BCUT2D eigenvalue weighted by Gasteiger charge is -2.41. The summed E-state index contributed by atoms with van der Waals surface area (Å²) in [6, 6.07) is 27.4. The number of allylic oxidation sites excluding steroid dienone is 1. The summed E-state index contributed by atoms with van der Waals surface area (Å²) in [5.41, 5.74) is 6.78. The Morgan fingerprint density at radius 2 is 1.69 bits per heavy atom. The molecule has 0 amide bonds. The molecule has 2 atom stereocenters. The number of nitrogens with zero attached hydrogens (tertiary/aromatic N) is 4. The summed E-state index contributed by atoms with van der Waals surface area (Å²) in [4.78, 5) is 21.8. The molecule has 2 aliphatic rings. The molecule has 42 heavy (non-hydrogen) atoms. The van der Waals surface area contributed by atoms with Gasteiger partial charge < -0.3 is 15.1 Å². The van der Waals surface area contributed by atoms with Crippen molar-refractivity contribution in [2.24, 2.45) is 0 Å². The van der Waals surface area contributed by atoms with Crippen LogP contribution >= 0.6 is 24.0 Å². The van der Waals surface area contributed by atoms with Crippen molar-refractivity contribution >= 4 is 51.7 Å². The Morgan fingerprint density at radius 1 is 1.00 bits per heavy atom. The average molecular weight is 594 g/mol. The Bertz CT molecular complexity index is 1690. The lowest BCUT2D eigenvalue weighted by atomic mass is 9.86. The maximum absolute atomic E-state index is 11.0. The first kappa shape index (κ1) is 27.9. The van der Waals surface area contributed by atoms with E-state index < -0.39 is 0 Å². The molecule has 1 aromatic heterocycles. The van der Waals surface area contributed by atoms with E-state index in [4.69, 9.17) is 17.2 Å². The number of nitrogens with one attached hydrogen (secondary N) is 1. The lowest BCUT2D eigenvalue weighted by molar-refractivity contribution is -0.384. The maximum atomic E-state index is 11.0. The van der Waals surface area contributed by atoms with Crippen molar-refractivity contribution in [3.63, 3.8) is 0 Å². The van der Waals surface area contributed by atoms with Crippen LogP contribution in [-0.2, 0) is 0 Å². The SMILES string of the molecule is CC1=CC(C)(C)N(C)c2ccc([C@H]3[C@H](c4ccccn4)NC(=S)N3c3ccc(Sc4ccc([N+](=O)[O-])cc4)cc3)cc21. The minimum absolute atomic E-state index is 0.0637. The first-order valence-electron chi connectivity index (χ1n) is 13.7. The van der Waals surface area contributed by atoms with Gasteiger partial charge in [0.15, 0.2) is 5.11 Å². The molecule has 4 aromatic rings. The van der Waals surface area contributed by atoms with Gasteiger partial charge in [-0.3, -0.25) is 15.1 Å². The molecule has 2 aliphatic heterocycles. The first-order chi connectivity index (χ1) is 20.1. The van der Waals surface area contributed by atoms with Gasteiger partial charge in [-0.1, -0.05) is 30.0 Å². The third-order valence-electron chi connectivity index (χ3n) is 8.08. The molecule has 1 N–H and O–H groups in total. The number of nitro groups is 1. The van der Waals surface area contributed by atoms with Crippen molar-refractivity contribution in [2.75, 3.05) is 16.8 Å². The summed E-state index contributed by atoms with van der Waals surface area (Å²) < 4.78 is 0. The number of nitro benzene ring substituents is 1. The Balaban J connectivity index is 1.36. The molecule has 0 unspecified atom stereocenters. The average Bonchev–Trinajstić information content (AvgIpc) is 3.33. The van der Waals surface area contributed by atoms with E-state index in [0.29, 0.717) is 5.11 Å². The zero-order chi connectivity index (χ0) is 29.6. The summed E-state index contributed by atoms with van der Waals surface area (Å²) >= 11 is 7.51. The fourth-order valence-corrected chi connectivity index (χ4v) is 6.94. The summed E-state index contributed by atoms with van der Waals surface area (Å²) in [5, 5.41) is 15.2. The van der Waals surface area contributed by atoms with Crippen molar-refractivity contribution in [1.29, 1.82) is 0 Å². The van der Waals surface area contributed by atoms with Crippen LogP contribution in [0.2, 0.25) is 0 Å². The van der Waals surface area contributed by atoms with E-state index in [-0.39, 0.29) is 28.2 Å². The largest absolute Gasteiger partial charge is 0.366 e. The Hall–Kier alpha value is -4.21. The smallest absolute Gasteiger partial charge is 0.269 e. The predicted molar refractivity (Wildman–Crippen MR) is 174 cm³/mol. The van der Waals surface area contributed by atoms with Crippen LogP contribution in [0.4, 0.5) is 17.1 Å². The molecule has 7 nitrogen and oxygen atoms in total. The number of pyridine rings is 1. The lowest BCUT2D eigenvalue weighted by Crippen LogP contribution is -2.42. The van der Waals surface area contributed by atoms with Gasteiger partial charge in [0.25, 0.3) is 5.69 Å². The molecule has 6 rings (SSSR count). The van der Waals surface area contributed by atoms with E-state index in [0.717, 1.165) is 26.7 Å². The topological polar surface area (TPSA) is 74.5 Å². The summed E-state index contributed by atoms with van der Waals surface area (Å²) in [7, 11) is 2.15. The summed E-state index contributed by atoms with van der Waals surface area (Å²) in [6.07, 6.45) is 4.15. The van der Waals surface area contributed by atoms with Crippen LogP contribution in [0, 0.1) is 10.1 Å². The molecule has 1 saturated heterocycles. The number of benzene rings is 3. The van der Waals surface area contributed by atoms with Crippen molar-refractivity contribution < 1.29 is 4.92 Å². The van der Waals surface area contributed by atoms with Gasteiger partial charge in [-0.15, -0.1) is 0 Å². The predicted octanol–water partition coefficient (Wildman–Crippen LogP) is 7.95. The zero-order valence-corrected chi connectivity index (χ0v) is 25.4. The third-order valence-corrected chi connectivity index (χ3v) is 9.41. The molecule has 0 radical (unpaired) electrons. The van der Waals surface area contributed by atoms with Gasteiger partial charge in [0, 0.05) is 52.1 Å². The molecule has 3 aromatic carbocycles. The van der Waals surface area contributed by atoms with E-state index in [1.807, 2.05) is 24.4 Å². The number of non-ortho nitro benzene ring substituents is 1. The quantitative estimate of drug-likeness (QED) is 0.137. The second kappa shape index (κ2) is 10.9. The van der Waals surface area contributed by atoms with E-state index in [1.165, 1.54) is 29.0 Å². The molecule has 0 saturated carbocycles. The number of fused-ring (bicyclic) bond motifs is 1. The number of thiocarbonyl (C=S) groups is 1. The van der Waals surface area contributed by atoms with Crippen molar-refractivity contribution in [3.05, 3.63) is 124 Å². The van der Waals surface area contributed by atoms with Crippen LogP contribution in [0.25, 0.3) is 5.57 Å². The number of aromatic nitrogens is 1. The van der Waals surface area contributed by atoms with Gasteiger partial charge in [0.1, 0.15) is 0 Å². The highest BCUT2D eigenvalue weighted by Crippen LogP contribution is 2.45. The van der Waals surface area contributed by atoms with Gasteiger partial charge in [-0.25, -0.2) is 0 Å². The Morgan fingerprint density at radius 3 is 2.33 bits per heavy atom. The molecule has 9 heteroatoms. The first-order valence-corrected chi connectivity index (χ1v) is 15.0. The minimum atomic E-state index is -0.385. The monoisotopic (exact) mass is 593 g/mol. The van der Waals surface area contributed by atoms with Crippen LogP contribution < -0.4 is 15.1 Å². The molecule has 3 heterocycles. The molecular formula is C33H31N5O2S2. The molecular weight excluding hydrogens is 563 g/mol. The second-order valence-corrected chi connectivity index (χ2v) is 12.7. The molecule has 212 valence electrons. The highest BCUT2D eigenvalue weighted by Gasteiger charge is 2.41. The van der Waals surface area contributed by atoms with Crippen LogP contribution in [0.15, 0.2) is 107 Å². The molecule has 1 fully saturated rings. The number of likely N-dealkylation sites (N-methyl/N-ethyl adjacent to an activating group) is 1. The van der Waals surface area contributed by atoms with Crippen molar-refractivity contribution in [3.8, 4) is 0 Å². The fourth-order valence-electron chi connectivity index (χ4n) is 5.78. The highest BCUT2D eigenvalue weighted by molar-refractivity contribution is 7.99. The fraction of sp³-hybridized carbons (Fsp3) is 0.212. The van der Waals surface area contributed by atoms with Crippen molar-refractivity contribution in [2.45, 2.75) is 48.2 Å². The number of hydrogen-bond donors (Lipinski definition) is 1. The van der Waals surface area contributed by atoms with Crippen LogP contribution in [-0.4, -0.2) is 27.6 Å². The van der Waals surface area contributed by atoms with Gasteiger partial charge in [-0.05, 0) is 105 Å². The minimum Gasteiger partial charge on any atom is -0.366 e. The van der Waals surface area contributed by atoms with Gasteiger partial charge >= 0.3 is 0 Å². The van der Waals surface area contributed by atoms with Crippen LogP contribution in [0.5, 0.6) is 0 Å². The molecule has 0 aliphatic carbocycles. The van der Waals surface area contributed by atoms with Gasteiger partial charge in [0.05, 0.1) is 28.2 Å². The standard InChI is InChI=1S/C33H31N5O2S2/c1-21-20-33(2,3)36(4)29-17-8-22(19-27(21)29)31-30(28-7-5-6-18-34-28)35-32(41)37(31)23-9-13-25(14-10-23)42-26-15-11-24(12-16-26)38(39)40/h5-20,30-31H,1-4H3,(H,35,41)/t30-,31-/m0/s1. The number of hydrogen-bond acceptors (Lipinski definition) is 6. The Kier molecular flexibility index (Phi) is 7.24. The van der Waals surface area contributed by atoms with Crippen molar-refractivity contribution in [1.82, 2.24) is 10.3 Å². The Labute approximate surface area is 255 Å². The number of anilines is 2. The molecule has 0 spiro atoms. The van der Waals surface area contributed by atoms with E-state index in [1.54, 1.807) is 23.9 Å². The highest BCUT2D eigenvalue weighted by atomic mass is 32.2. The van der Waals surface area contributed by atoms with Gasteiger partial charge in [-0.2, -0.15) is 0 Å². The van der Waals surface area contributed by atoms with E-state index in [2.05, 4.69) is 91.5 Å². The van der Waals surface area contributed by atoms with Crippen LogP contribution in [0.1, 0.15) is 49.7 Å². The van der Waals surface area contributed by atoms with E-state index >= 15 is 0 Å². The summed E-state index contributed by atoms with van der Waals surface area (Å²) in [5.74, 6) is 0. The van der Waals surface area contributed by atoms with E-state index in [9.17, 15) is 10.1 Å². The second-order valence-electron chi connectivity index (χ2n) is 11.2. The van der Waals surface area contributed by atoms with Gasteiger partial charge in [0.2, 0.25) is 0 Å². The number of rotatable bonds is 6. The third kappa shape index (κ3) is 5.14. The maximum Gasteiger partial charge on any atom is 0.269 e.